The summed E-state index contributed by atoms with van der Waals surface area (Å²) in [5, 5.41) is 7.30. The molecule has 0 radical (unpaired) electrons. The van der Waals surface area contributed by atoms with Gasteiger partial charge in [-0.05, 0) is 26.2 Å². The van der Waals surface area contributed by atoms with E-state index in [0.717, 1.165) is 25.9 Å². The molecule has 1 saturated heterocycles. The Morgan fingerprint density at radius 3 is 2.40 bits per heavy atom. The number of amidine groups is 1. The zero-order valence-electron chi connectivity index (χ0n) is 9.49. The minimum atomic E-state index is -0.320. The SMILES string of the molecule is CC(C(=N)N)N(C)C(=O)N1CCCCC1. The van der Waals surface area contributed by atoms with Crippen molar-refractivity contribution >= 4 is 11.9 Å². The molecule has 1 rings (SSSR count). The lowest BCUT2D eigenvalue weighted by atomic mass is 10.1. The smallest absolute Gasteiger partial charge is 0.320 e. The van der Waals surface area contributed by atoms with E-state index in [2.05, 4.69) is 0 Å². The highest BCUT2D eigenvalue weighted by molar-refractivity contribution is 5.87. The van der Waals surface area contributed by atoms with Crippen LogP contribution in [0.5, 0.6) is 0 Å². The number of hydrogen-bond acceptors (Lipinski definition) is 2. The van der Waals surface area contributed by atoms with Gasteiger partial charge >= 0.3 is 6.03 Å². The van der Waals surface area contributed by atoms with Crippen LogP contribution in [0.15, 0.2) is 0 Å². The predicted octanol–water partition coefficient (Wildman–Crippen LogP) is 0.849. The number of amides is 2. The molecule has 15 heavy (non-hydrogen) atoms. The van der Waals surface area contributed by atoms with E-state index in [1.54, 1.807) is 14.0 Å². The highest BCUT2D eigenvalue weighted by atomic mass is 16.2. The van der Waals surface area contributed by atoms with Crippen molar-refractivity contribution in [1.29, 1.82) is 5.41 Å². The Balaban J connectivity index is 2.54. The summed E-state index contributed by atoms with van der Waals surface area (Å²) in [4.78, 5) is 15.3. The van der Waals surface area contributed by atoms with Crippen LogP contribution in [0, 0.1) is 5.41 Å². The second-order valence-electron chi connectivity index (χ2n) is 4.07. The van der Waals surface area contributed by atoms with Gasteiger partial charge in [-0.1, -0.05) is 0 Å². The number of likely N-dealkylation sites (tertiary alicyclic amines) is 1. The number of rotatable bonds is 2. The molecule has 1 heterocycles. The van der Waals surface area contributed by atoms with Gasteiger partial charge in [-0.3, -0.25) is 5.41 Å². The van der Waals surface area contributed by atoms with E-state index < -0.39 is 0 Å². The zero-order valence-corrected chi connectivity index (χ0v) is 9.49. The lowest BCUT2D eigenvalue weighted by Gasteiger charge is -2.33. The molecule has 1 unspecified atom stereocenters. The van der Waals surface area contributed by atoms with E-state index in [0.29, 0.717) is 0 Å². The average Bonchev–Trinajstić information content (AvgIpc) is 2.27. The van der Waals surface area contributed by atoms with E-state index in [4.69, 9.17) is 11.1 Å². The molecule has 1 aliphatic heterocycles. The second kappa shape index (κ2) is 5.00. The Labute approximate surface area is 90.7 Å². The average molecular weight is 212 g/mol. The third kappa shape index (κ3) is 2.84. The molecule has 0 aliphatic carbocycles. The van der Waals surface area contributed by atoms with E-state index in [1.165, 1.54) is 11.3 Å². The Morgan fingerprint density at radius 1 is 1.40 bits per heavy atom. The van der Waals surface area contributed by atoms with Crippen LogP contribution in [0.2, 0.25) is 0 Å². The van der Waals surface area contributed by atoms with Gasteiger partial charge in [-0.2, -0.15) is 0 Å². The van der Waals surface area contributed by atoms with Crippen molar-refractivity contribution in [3.8, 4) is 0 Å². The first kappa shape index (κ1) is 11.8. The summed E-state index contributed by atoms with van der Waals surface area (Å²) < 4.78 is 0. The standard InChI is InChI=1S/C10H20N4O/c1-8(9(11)12)13(2)10(15)14-6-4-3-5-7-14/h8H,3-7H2,1-2H3,(H3,11,12). The van der Waals surface area contributed by atoms with Gasteiger partial charge in [0.25, 0.3) is 0 Å². The zero-order chi connectivity index (χ0) is 11.4. The van der Waals surface area contributed by atoms with Gasteiger partial charge in [-0.25, -0.2) is 4.79 Å². The largest absolute Gasteiger partial charge is 0.386 e. The van der Waals surface area contributed by atoms with Crippen molar-refractivity contribution in [2.45, 2.75) is 32.2 Å². The molecule has 5 heteroatoms. The predicted molar refractivity (Wildman–Crippen MR) is 60.0 cm³/mol. The maximum atomic E-state index is 11.9. The first-order chi connectivity index (χ1) is 7.04. The van der Waals surface area contributed by atoms with E-state index in [9.17, 15) is 4.79 Å². The number of carbonyl (C=O) groups is 1. The van der Waals surface area contributed by atoms with Crippen LogP contribution in [-0.2, 0) is 0 Å². The van der Waals surface area contributed by atoms with Gasteiger partial charge in [0.2, 0.25) is 0 Å². The van der Waals surface area contributed by atoms with Crippen molar-refractivity contribution in [2.24, 2.45) is 5.73 Å². The first-order valence-electron chi connectivity index (χ1n) is 5.39. The minimum Gasteiger partial charge on any atom is -0.386 e. The van der Waals surface area contributed by atoms with Crippen LogP contribution in [0.1, 0.15) is 26.2 Å². The van der Waals surface area contributed by atoms with Crippen LogP contribution < -0.4 is 5.73 Å². The quantitative estimate of drug-likeness (QED) is 0.526. The fourth-order valence-electron chi connectivity index (χ4n) is 1.68. The fourth-order valence-corrected chi connectivity index (χ4v) is 1.68. The normalized spacial score (nSPS) is 18.4. The summed E-state index contributed by atoms with van der Waals surface area (Å²) in [7, 11) is 1.70. The Hall–Kier alpha value is -1.26. The lowest BCUT2D eigenvalue weighted by Crippen LogP contribution is -2.50. The molecule has 0 spiro atoms. The molecule has 0 aromatic rings. The maximum Gasteiger partial charge on any atom is 0.320 e. The highest BCUT2D eigenvalue weighted by Crippen LogP contribution is 2.11. The molecular weight excluding hydrogens is 192 g/mol. The Morgan fingerprint density at radius 2 is 1.93 bits per heavy atom. The van der Waals surface area contributed by atoms with E-state index in [1.807, 2.05) is 4.90 Å². The first-order valence-corrected chi connectivity index (χ1v) is 5.39. The summed E-state index contributed by atoms with van der Waals surface area (Å²) >= 11 is 0. The Kier molecular flexibility index (Phi) is 3.94. The molecule has 1 fully saturated rings. The van der Waals surface area contributed by atoms with Crippen LogP contribution in [-0.4, -0.2) is 47.8 Å². The van der Waals surface area contributed by atoms with Crippen LogP contribution >= 0.6 is 0 Å². The number of hydrogen-bond donors (Lipinski definition) is 2. The van der Waals surface area contributed by atoms with E-state index in [-0.39, 0.29) is 17.9 Å². The van der Waals surface area contributed by atoms with Crippen molar-refractivity contribution in [2.75, 3.05) is 20.1 Å². The van der Waals surface area contributed by atoms with Gasteiger partial charge in [0.15, 0.2) is 0 Å². The van der Waals surface area contributed by atoms with Crippen molar-refractivity contribution in [1.82, 2.24) is 9.80 Å². The number of nitrogens with one attached hydrogen (secondary N) is 1. The summed E-state index contributed by atoms with van der Waals surface area (Å²) in [5.74, 6) is 0.0304. The third-order valence-electron chi connectivity index (χ3n) is 2.96. The summed E-state index contributed by atoms with van der Waals surface area (Å²) in [6.07, 6.45) is 3.36. The molecule has 1 aliphatic rings. The number of urea groups is 1. The number of likely N-dealkylation sites (N-methyl/N-ethyl adjacent to an activating group) is 1. The number of nitrogens with zero attached hydrogens (tertiary/aromatic N) is 2. The third-order valence-corrected chi connectivity index (χ3v) is 2.96. The molecule has 2 amide bonds. The van der Waals surface area contributed by atoms with E-state index >= 15 is 0 Å². The maximum absolute atomic E-state index is 11.9. The molecule has 1 atom stereocenters. The van der Waals surface area contributed by atoms with Gasteiger partial charge in [0.1, 0.15) is 5.84 Å². The van der Waals surface area contributed by atoms with Gasteiger partial charge in [0.05, 0.1) is 6.04 Å². The van der Waals surface area contributed by atoms with Gasteiger partial charge in [-0.15, -0.1) is 0 Å². The monoisotopic (exact) mass is 212 g/mol. The van der Waals surface area contributed by atoms with Crippen LogP contribution in [0.3, 0.4) is 0 Å². The topological polar surface area (TPSA) is 73.4 Å². The van der Waals surface area contributed by atoms with Crippen LogP contribution in [0.4, 0.5) is 4.79 Å². The molecule has 5 nitrogen and oxygen atoms in total. The molecule has 0 aromatic carbocycles. The molecular formula is C10H20N4O. The number of nitrogens with two attached hydrogens (primary N) is 1. The Bertz CT molecular complexity index is 248. The summed E-state index contributed by atoms with van der Waals surface area (Å²) in [5.41, 5.74) is 5.38. The second-order valence-corrected chi connectivity index (χ2v) is 4.07. The summed E-state index contributed by atoms with van der Waals surface area (Å²) in [6.45, 7) is 3.42. The summed E-state index contributed by atoms with van der Waals surface area (Å²) in [6, 6.07) is -0.336. The lowest BCUT2D eigenvalue weighted by molar-refractivity contribution is 0.149. The van der Waals surface area contributed by atoms with Crippen LogP contribution in [0.25, 0.3) is 0 Å². The molecule has 0 bridgehead atoms. The molecule has 3 N–H and O–H groups in total. The minimum absolute atomic E-state index is 0.0163. The van der Waals surface area contributed by atoms with Gasteiger partial charge in [0, 0.05) is 20.1 Å². The molecule has 86 valence electrons. The fraction of sp³-hybridized carbons (Fsp3) is 0.800. The van der Waals surface area contributed by atoms with Crippen molar-refractivity contribution < 1.29 is 4.79 Å². The number of carbonyl (C=O) groups excluding carboxylic acids is 1. The molecule has 0 saturated carbocycles. The molecule has 0 aromatic heterocycles. The van der Waals surface area contributed by atoms with Gasteiger partial charge < -0.3 is 15.5 Å². The van der Waals surface area contributed by atoms with Crippen molar-refractivity contribution in [3.05, 3.63) is 0 Å². The van der Waals surface area contributed by atoms with Crippen molar-refractivity contribution in [3.63, 3.8) is 0 Å². The highest BCUT2D eigenvalue weighted by Gasteiger charge is 2.24. The number of piperidine rings is 1.